The van der Waals surface area contributed by atoms with Gasteiger partial charge in [-0.15, -0.1) is 11.3 Å². The molecule has 2 aromatic rings. The summed E-state index contributed by atoms with van der Waals surface area (Å²) >= 11 is 1.64. The number of thiazole rings is 1. The molecule has 2 aromatic heterocycles. The van der Waals surface area contributed by atoms with Crippen LogP contribution in [0.4, 0.5) is 5.82 Å². The zero-order valence-corrected chi connectivity index (χ0v) is 13.2. The van der Waals surface area contributed by atoms with E-state index >= 15 is 0 Å². The summed E-state index contributed by atoms with van der Waals surface area (Å²) in [4.78, 5) is 19.5. The molecule has 1 fully saturated rings. The first-order valence-corrected chi connectivity index (χ1v) is 8.22. The first-order chi connectivity index (χ1) is 10.1. The van der Waals surface area contributed by atoms with Gasteiger partial charge in [-0.3, -0.25) is 9.20 Å². The van der Waals surface area contributed by atoms with Gasteiger partial charge in [-0.25, -0.2) is 4.98 Å². The van der Waals surface area contributed by atoms with Crippen molar-refractivity contribution in [1.82, 2.24) is 20.0 Å². The Morgan fingerprint density at radius 2 is 2.33 bits per heavy atom. The highest BCUT2D eigenvalue weighted by Crippen LogP contribution is 2.25. The molecule has 0 spiro atoms. The Balaban J connectivity index is 1.90. The summed E-state index contributed by atoms with van der Waals surface area (Å²) in [6.07, 6.45) is 2.59. The number of imidazole rings is 1. The highest BCUT2D eigenvalue weighted by Gasteiger charge is 2.21. The molecule has 1 aliphatic heterocycles. The number of nitrogens with one attached hydrogen (secondary N) is 2. The molecule has 21 heavy (non-hydrogen) atoms. The van der Waals surface area contributed by atoms with Crippen molar-refractivity contribution < 1.29 is 4.79 Å². The van der Waals surface area contributed by atoms with Crippen molar-refractivity contribution in [3.8, 4) is 0 Å². The van der Waals surface area contributed by atoms with Crippen molar-refractivity contribution in [2.24, 2.45) is 0 Å². The van der Waals surface area contributed by atoms with Crippen LogP contribution in [-0.4, -0.2) is 41.0 Å². The van der Waals surface area contributed by atoms with Crippen molar-refractivity contribution in [3.63, 3.8) is 0 Å². The van der Waals surface area contributed by atoms with Gasteiger partial charge in [0, 0.05) is 50.2 Å². The smallest absolute Gasteiger partial charge is 0.221 e. The maximum Gasteiger partial charge on any atom is 0.221 e. The third kappa shape index (κ3) is 3.03. The normalized spacial score (nSPS) is 16.5. The van der Waals surface area contributed by atoms with Crippen LogP contribution in [0.2, 0.25) is 0 Å². The molecule has 1 aliphatic rings. The third-order valence-corrected chi connectivity index (χ3v) is 4.39. The van der Waals surface area contributed by atoms with E-state index in [0.717, 1.165) is 30.4 Å². The van der Waals surface area contributed by atoms with Crippen molar-refractivity contribution >= 4 is 28.0 Å². The number of hydrogen-bond donors (Lipinski definition) is 2. The number of hydrogen-bond acceptors (Lipinski definition) is 5. The number of nitrogens with zero attached hydrogens (tertiary/aromatic N) is 3. The van der Waals surface area contributed by atoms with Crippen LogP contribution in [0.5, 0.6) is 0 Å². The Labute approximate surface area is 128 Å². The van der Waals surface area contributed by atoms with Crippen LogP contribution in [0, 0.1) is 0 Å². The van der Waals surface area contributed by atoms with Gasteiger partial charge >= 0.3 is 0 Å². The quantitative estimate of drug-likeness (QED) is 0.891. The Kier molecular flexibility index (Phi) is 4.12. The predicted octanol–water partition coefficient (Wildman–Crippen LogP) is 1.22. The lowest BCUT2D eigenvalue weighted by Crippen LogP contribution is -2.30. The Hall–Kier alpha value is -1.60. The van der Waals surface area contributed by atoms with E-state index in [4.69, 9.17) is 4.98 Å². The summed E-state index contributed by atoms with van der Waals surface area (Å²) < 4.78 is 2.15. The first kappa shape index (κ1) is 14.3. The number of amides is 1. The molecule has 0 aliphatic carbocycles. The lowest BCUT2D eigenvalue weighted by molar-refractivity contribution is -0.120. The fourth-order valence-corrected chi connectivity index (χ4v) is 3.25. The van der Waals surface area contributed by atoms with Crippen molar-refractivity contribution in [3.05, 3.63) is 17.3 Å². The van der Waals surface area contributed by atoms with Crippen molar-refractivity contribution in [1.29, 1.82) is 0 Å². The van der Waals surface area contributed by atoms with E-state index in [9.17, 15) is 4.79 Å². The Morgan fingerprint density at radius 3 is 3.14 bits per heavy atom. The Morgan fingerprint density at radius 1 is 1.48 bits per heavy atom. The van der Waals surface area contributed by atoms with E-state index in [1.165, 1.54) is 5.69 Å². The van der Waals surface area contributed by atoms with Crippen LogP contribution in [0.3, 0.4) is 0 Å². The van der Waals surface area contributed by atoms with Gasteiger partial charge in [0.05, 0.1) is 5.69 Å². The molecule has 6 nitrogen and oxygen atoms in total. The lowest BCUT2D eigenvalue weighted by Gasteiger charge is -2.21. The van der Waals surface area contributed by atoms with E-state index in [1.54, 1.807) is 11.3 Å². The second kappa shape index (κ2) is 6.03. The highest BCUT2D eigenvalue weighted by atomic mass is 32.1. The maximum atomic E-state index is 11.5. The number of anilines is 1. The minimum absolute atomic E-state index is 0.125. The third-order valence-electron chi connectivity index (χ3n) is 3.63. The number of fused-ring (bicyclic) bond motifs is 1. The predicted molar refractivity (Wildman–Crippen MR) is 84.9 cm³/mol. The molecule has 3 heterocycles. The van der Waals surface area contributed by atoms with E-state index in [2.05, 4.69) is 45.4 Å². The topological polar surface area (TPSA) is 61.7 Å². The zero-order valence-electron chi connectivity index (χ0n) is 12.4. The molecule has 1 saturated heterocycles. The molecular weight excluding hydrogens is 286 g/mol. The average molecular weight is 307 g/mol. The number of aromatic nitrogens is 2. The van der Waals surface area contributed by atoms with E-state index in [-0.39, 0.29) is 5.91 Å². The zero-order chi connectivity index (χ0) is 14.8. The molecule has 2 N–H and O–H groups in total. The lowest BCUT2D eigenvalue weighted by atomic mass is 10.3. The largest absolute Gasteiger partial charge is 0.354 e. The fraction of sp³-hybridized carbons (Fsp3) is 0.571. The monoisotopic (exact) mass is 307 g/mol. The van der Waals surface area contributed by atoms with Gasteiger partial charge in [-0.2, -0.15) is 0 Å². The fourth-order valence-electron chi connectivity index (χ4n) is 2.52. The molecule has 0 atom stereocenters. The minimum atomic E-state index is 0.125. The van der Waals surface area contributed by atoms with Crippen LogP contribution in [0.25, 0.3) is 4.96 Å². The van der Waals surface area contributed by atoms with Gasteiger partial charge in [0.1, 0.15) is 0 Å². The number of carbonyl (C=O) groups is 1. The minimum Gasteiger partial charge on any atom is -0.354 e. The molecule has 114 valence electrons. The van der Waals surface area contributed by atoms with Crippen LogP contribution in [0.1, 0.15) is 26.0 Å². The molecule has 7 heteroatoms. The summed E-state index contributed by atoms with van der Waals surface area (Å²) in [5.74, 6) is 1.13. The molecule has 3 rings (SSSR count). The van der Waals surface area contributed by atoms with Crippen LogP contribution < -0.4 is 15.5 Å². The molecule has 0 saturated carbocycles. The van der Waals surface area contributed by atoms with E-state index < -0.39 is 0 Å². The maximum absolute atomic E-state index is 11.5. The highest BCUT2D eigenvalue weighted by molar-refractivity contribution is 7.15. The molecule has 0 unspecified atom stereocenters. The van der Waals surface area contributed by atoms with Gasteiger partial charge in [0.15, 0.2) is 10.8 Å². The summed E-state index contributed by atoms with van der Waals surface area (Å²) in [6, 6.07) is 0.425. The second-order valence-corrected chi connectivity index (χ2v) is 6.43. The van der Waals surface area contributed by atoms with Crippen LogP contribution in [-0.2, 0) is 11.3 Å². The molecule has 0 aromatic carbocycles. The first-order valence-electron chi connectivity index (χ1n) is 7.34. The van der Waals surface area contributed by atoms with Gasteiger partial charge in [-0.05, 0) is 0 Å². The van der Waals surface area contributed by atoms with Gasteiger partial charge in [-0.1, -0.05) is 13.8 Å². The van der Waals surface area contributed by atoms with Gasteiger partial charge < -0.3 is 15.5 Å². The van der Waals surface area contributed by atoms with Crippen molar-refractivity contribution in [2.45, 2.75) is 32.9 Å². The number of carbonyl (C=O) groups excluding carboxylic acids is 1. The molecular formula is C14H21N5OS. The standard InChI is InChI=1S/C14H21N5OS/c1-10(2)16-9-11-13(17-14-19(11)7-8-21-14)18-5-3-12(20)15-4-6-18/h7-8,10,16H,3-6,9H2,1-2H3,(H,15,20). The SMILES string of the molecule is CC(C)NCc1c(N2CCNC(=O)CC2)nc2sccn12. The molecule has 0 bridgehead atoms. The van der Waals surface area contributed by atoms with E-state index in [0.29, 0.717) is 19.0 Å². The molecule has 0 radical (unpaired) electrons. The summed E-state index contributed by atoms with van der Waals surface area (Å²) in [7, 11) is 0. The second-order valence-electron chi connectivity index (χ2n) is 5.56. The average Bonchev–Trinajstić information content (AvgIpc) is 2.94. The summed E-state index contributed by atoms with van der Waals surface area (Å²) in [5.41, 5.74) is 1.18. The summed E-state index contributed by atoms with van der Waals surface area (Å²) in [6.45, 7) is 7.28. The van der Waals surface area contributed by atoms with Gasteiger partial charge in [0.25, 0.3) is 0 Å². The van der Waals surface area contributed by atoms with Crippen LogP contribution >= 0.6 is 11.3 Å². The molecule has 1 amide bonds. The van der Waals surface area contributed by atoms with E-state index in [1.807, 2.05) is 0 Å². The van der Waals surface area contributed by atoms with Gasteiger partial charge in [0.2, 0.25) is 5.91 Å². The number of rotatable bonds is 4. The van der Waals surface area contributed by atoms with Crippen molar-refractivity contribution in [2.75, 3.05) is 24.5 Å². The van der Waals surface area contributed by atoms with Crippen LogP contribution in [0.15, 0.2) is 11.6 Å². The summed E-state index contributed by atoms with van der Waals surface area (Å²) in [5, 5.41) is 8.44. The Bertz CT molecular complexity index is 632.